The molecule has 1 aliphatic heterocycles. The average molecular weight is 448 g/mol. The number of nitrogens with one attached hydrogen (secondary N) is 1. The molecule has 2 aromatic rings. The summed E-state index contributed by atoms with van der Waals surface area (Å²) >= 11 is 12.1. The zero-order valence-corrected chi connectivity index (χ0v) is 19.3. The maximum Gasteiger partial charge on any atom is 0.322 e. The molecule has 1 N–H and O–H groups in total. The van der Waals surface area contributed by atoms with Crippen LogP contribution in [0.25, 0.3) is 0 Å². The third-order valence-corrected chi connectivity index (χ3v) is 6.59. The maximum absolute atomic E-state index is 13.3. The Labute approximate surface area is 190 Å². The lowest BCUT2D eigenvalue weighted by atomic mass is 9.96. The van der Waals surface area contributed by atoms with E-state index in [4.69, 9.17) is 23.2 Å². The molecule has 4 nitrogen and oxygen atoms in total. The normalized spacial score (nSPS) is 19.5. The fraction of sp³-hybridized carbons (Fsp3) is 0.458. The summed E-state index contributed by atoms with van der Waals surface area (Å²) in [7, 11) is 0. The Hall–Kier alpha value is -1.75. The van der Waals surface area contributed by atoms with Crippen LogP contribution in [-0.2, 0) is 6.54 Å². The van der Waals surface area contributed by atoms with Crippen molar-refractivity contribution in [2.45, 2.75) is 58.2 Å². The van der Waals surface area contributed by atoms with E-state index in [0.29, 0.717) is 28.3 Å². The minimum Gasteiger partial charge on any atom is -0.317 e. The van der Waals surface area contributed by atoms with Gasteiger partial charge in [-0.1, -0.05) is 66.9 Å². The lowest BCUT2D eigenvalue weighted by Crippen LogP contribution is -2.51. The van der Waals surface area contributed by atoms with Crippen molar-refractivity contribution in [2.75, 3.05) is 18.4 Å². The smallest absolute Gasteiger partial charge is 0.317 e. The SMILES string of the molecule is CCCCN1CCC(N(Cc2ccccc2)C(=O)Nc2ccc(Cl)c(Cl)c2)CC1C. The zero-order valence-electron chi connectivity index (χ0n) is 17.8. The van der Waals surface area contributed by atoms with Gasteiger partial charge in [0.05, 0.1) is 10.0 Å². The van der Waals surface area contributed by atoms with Crippen molar-refractivity contribution in [1.82, 2.24) is 9.80 Å². The number of benzene rings is 2. The number of rotatable bonds is 7. The lowest BCUT2D eigenvalue weighted by molar-refractivity contribution is 0.0859. The second kappa shape index (κ2) is 11.0. The van der Waals surface area contributed by atoms with E-state index in [2.05, 4.69) is 36.2 Å². The molecule has 6 heteroatoms. The summed E-state index contributed by atoms with van der Waals surface area (Å²) in [6.45, 7) is 7.25. The van der Waals surface area contributed by atoms with Gasteiger partial charge in [-0.05, 0) is 56.5 Å². The lowest BCUT2D eigenvalue weighted by Gasteiger charge is -2.42. The van der Waals surface area contributed by atoms with E-state index >= 15 is 0 Å². The van der Waals surface area contributed by atoms with Crippen molar-refractivity contribution < 1.29 is 4.79 Å². The topological polar surface area (TPSA) is 35.6 Å². The largest absolute Gasteiger partial charge is 0.322 e. The maximum atomic E-state index is 13.3. The van der Waals surface area contributed by atoms with Crippen LogP contribution < -0.4 is 5.32 Å². The highest BCUT2D eigenvalue weighted by Gasteiger charge is 2.31. The minimum absolute atomic E-state index is 0.101. The van der Waals surface area contributed by atoms with E-state index in [1.165, 1.54) is 12.8 Å². The summed E-state index contributed by atoms with van der Waals surface area (Å²) in [5.41, 5.74) is 1.78. The predicted octanol–water partition coefficient (Wildman–Crippen LogP) is 6.68. The number of urea groups is 1. The van der Waals surface area contributed by atoms with Crippen LogP contribution in [0, 0.1) is 0 Å². The first-order chi connectivity index (χ1) is 14.5. The van der Waals surface area contributed by atoms with E-state index in [1.54, 1.807) is 18.2 Å². The molecule has 1 saturated heterocycles. The molecule has 2 unspecified atom stereocenters. The van der Waals surface area contributed by atoms with Gasteiger partial charge in [-0.2, -0.15) is 0 Å². The fourth-order valence-electron chi connectivity index (χ4n) is 4.09. The summed E-state index contributed by atoms with van der Waals surface area (Å²) < 4.78 is 0. The molecular formula is C24H31Cl2N3O. The summed E-state index contributed by atoms with van der Waals surface area (Å²) in [6.07, 6.45) is 4.39. The van der Waals surface area contributed by atoms with E-state index in [0.717, 1.165) is 31.5 Å². The molecule has 3 rings (SSSR count). The number of carbonyl (C=O) groups excluding carboxylic acids is 1. The minimum atomic E-state index is -0.101. The third-order valence-electron chi connectivity index (χ3n) is 5.85. The highest BCUT2D eigenvalue weighted by atomic mass is 35.5. The van der Waals surface area contributed by atoms with Gasteiger partial charge in [-0.3, -0.25) is 0 Å². The number of anilines is 1. The number of hydrogen-bond acceptors (Lipinski definition) is 2. The highest BCUT2D eigenvalue weighted by Crippen LogP contribution is 2.27. The number of nitrogens with zero attached hydrogens (tertiary/aromatic N) is 2. The number of carbonyl (C=O) groups is 1. The van der Waals surface area contributed by atoms with Crippen LogP contribution in [0.5, 0.6) is 0 Å². The Morgan fingerprint density at radius 3 is 2.60 bits per heavy atom. The molecule has 0 aliphatic carbocycles. The second-order valence-electron chi connectivity index (χ2n) is 8.09. The highest BCUT2D eigenvalue weighted by molar-refractivity contribution is 6.42. The van der Waals surface area contributed by atoms with Crippen LogP contribution in [0.4, 0.5) is 10.5 Å². The van der Waals surface area contributed by atoms with Gasteiger partial charge in [0.2, 0.25) is 0 Å². The second-order valence-corrected chi connectivity index (χ2v) is 8.90. The van der Waals surface area contributed by atoms with Gasteiger partial charge in [0.15, 0.2) is 0 Å². The Bertz CT molecular complexity index is 830. The molecule has 30 heavy (non-hydrogen) atoms. The predicted molar refractivity (Wildman–Crippen MR) is 126 cm³/mol. The van der Waals surface area contributed by atoms with E-state index in [-0.39, 0.29) is 12.1 Å². The van der Waals surface area contributed by atoms with Gasteiger partial charge in [-0.25, -0.2) is 4.79 Å². The Morgan fingerprint density at radius 2 is 1.93 bits per heavy atom. The van der Waals surface area contributed by atoms with Crippen LogP contribution in [0.1, 0.15) is 45.1 Å². The molecule has 2 amide bonds. The zero-order chi connectivity index (χ0) is 21.5. The first-order valence-corrected chi connectivity index (χ1v) is 11.5. The molecule has 1 aliphatic rings. The molecule has 2 aromatic carbocycles. The first-order valence-electron chi connectivity index (χ1n) is 10.8. The number of piperidine rings is 1. The molecule has 162 valence electrons. The van der Waals surface area contributed by atoms with Crippen molar-refractivity contribution in [3.63, 3.8) is 0 Å². The number of likely N-dealkylation sites (tertiary alicyclic amines) is 1. The van der Waals surface area contributed by atoms with Crippen molar-refractivity contribution in [1.29, 1.82) is 0 Å². The van der Waals surface area contributed by atoms with E-state index in [9.17, 15) is 4.79 Å². The van der Waals surface area contributed by atoms with Crippen LogP contribution in [0.15, 0.2) is 48.5 Å². The molecule has 0 aromatic heterocycles. The van der Waals surface area contributed by atoms with Crippen LogP contribution in [-0.4, -0.2) is 41.0 Å². The van der Waals surface area contributed by atoms with Crippen LogP contribution in [0.2, 0.25) is 10.0 Å². The molecule has 0 spiro atoms. The van der Waals surface area contributed by atoms with Crippen molar-refractivity contribution >= 4 is 34.9 Å². The van der Waals surface area contributed by atoms with Crippen LogP contribution >= 0.6 is 23.2 Å². The van der Waals surface area contributed by atoms with Crippen molar-refractivity contribution in [3.8, 4) is 0 Å². The summed E-state index contributed by atoms with van der Waals surface area (Å²) in [5.74, 6) is 0. The Kier molecular flexibility index (Phi) is 8.43. The van der Waals surface area contributed by atoms with E-state index in [1.807, 2.05) is 23.1 Å². The molecule has 2 atom stereocenters. The third kappa shape index (κ3) is 6.13. The number of halogens is 2. The van der Waals surface area contributed by atoms with Crippen molar-refractivity contribution in [3.05, 3.63) is 64.1 Å². The molecule has 1 fully saturated rings. The first kappa shape index (κ1) is 22.9. The molecule has 0 radical (unpaired) electrons. The summed E-state index contributed by atoms with van der Waals surface area (Å²) in [5, 5.41) is 3.93. The van der Waals surface area contributed by atoms with Gasteiger partial charge in [0.1, 0.15) is 0 Å². The van der Waals surface area contributed by atoms with Gasteiger partial charge >= 0.3 is 6.03 Å². The molecule has 0 saturated carbocycles. The van der Waals surface area contributed by atoms with Gasteiger partial charge in [-0.15, -0.1) is 0 Å². The Balaban J connectivity index is 1.74. The monoisotopic (exact) mass is 447 g/mol. The van der Waals surface area contributed by atoms with Crippen LogP contribution in [0.3, 0.4) is 0 Å². The van der Waals surface area contributed by atoms with E-state index < -0.39 is 0 Å². The Morgan fingerprint density at radius 1 is 1.17 bits per heavy atom. The number of amides is 2. The standard InChI is InChI=1S/C24H31Cl2N3O/c1-3-4-13-28-14-12-21(15-18(28)2)29(17-19-8-6-5-7-9-19)24(30)27-20-10-11-22(25)23(26)16-20/h5-11,16,18,21H,3-4,12-15,17H2,1-2H3,(H,27,30). The van der Waals surface area contributed by atoms with Gasteiger partial charge in [0, 0.05) is 30.9 Å². The molecule has 1 heterocycles. The van der Waals surface area contributed by atoms with Crippen molar-refractivity contribution in [2.24, 2.45) is 0 Å². The number of unbranched alkanes of at least 4 members (excludes halogenated alkanes) is 1. The summed E-state index contributed by atoms with van der Waals surface area (Å²) in [4.78, 5) is 17.8. The van der Waals surface area contributed by atoms with Gasteiger partial charge in [0.25, 0.3) is 0 Å². The number of hydrogen-bond donors (Lipinski definition) is 1. The molecular weight excluding hydrogens is 417 g/mol. The summed E-state index contributed by atoms with van der Waals surface area (Å²) in [6, 6.07) is 15.9. The van der Waals surface area contributed by atoms with Gasteiger partial charge < -0.3 is 15.1 Å². The molecule has 0 bridgehead atoms. The average Bonchev–Trinajstić information content (AvgIpc) is 2.74. The fourth-order valence-corrected chi connectivity index (χ4v) is 4.39. The quantitative estimate of drug-likeness (QED) is 0.513.